The Kier molecular flexibility index (Phi) is 5.31. The van der Waals surface area contributed by atoms with E-state index in [2.05, 4.69) is 11.4 Å². The Morgan fingerprint density at radius 1 is 1.42 bits per heavy atom. The van der Waals surface area contributed by atoms with Gasteiger partial charge in [-0.15, -0.1) is 0 Å². The fourth-order valence-electron chi connectivity index (χ4n) is 2.37. The molecule has 1 aromatic rings. The third-order valence-electron chi connectivity index (χ3n) is 3.47. The molecule has 3 nitrogen and oxygen atoms in total. The summed E-state index contributed by atoms with van der Waals surface area (Å²) in [6.07, 6.45) is 4.70. The number of rotatable bonds is 5. The third-order valence-corrected chi connectivity index (χ3v) is 3.47. The molecular formula is C15H19FN2O. The van der Waals surface area contributed by atoms with Gasteiger partial charge >= 0.3 is 0 Å². The van der Waals surface area contributed by atoms with E-state index in [0.717, 1.165) is 13.0 Å². The topological polar surface area (TPSA) is 45.0 Å². The van der Waals surface area contributed by atoms with Crippen molar-refractivity contribution in [1.82, 2.24) is 5.32 Å². The molecule has 0 aromatic heterocycles. The monoisotopic (exact) mass is 262 g/mol. The van der Waals surface area contributed by atoms with Crippen LogP contribution < -0.4 is 5.32 Å². The Morgan fingerprint density at radius 3 is 3.05 bits per heavy atom. The second-order valence-electron chi connectivity index (χ2n) is 4.90. The summed E-state index contributed by atoms with van der Waals surface area (Å²) in [6.45, 7) is 2.03. The number of halogens is 1. The van der Waals surface area contributed by atoms with Gasteiger partial charge in [0.15, 0.2) is 0 Å². The lowest BCUT2D eigenvalue weighted by Gasteiger charge is -2.23. The Balaban J connectivity index is 1.76. The lowest BCUT2D eigenvalue weighted by Crippen LogP contribution is -2.34. The Hall–Kier alpha value is -1.44. The molecule has 1 atom stereocenters. The highest BCUT2D eigenvalue weighted by Crippen LogP contribution is 2.13. The van der Waals surface area contributed by atoms with Crippen LogP contribution >= 0.6 is 0 Å². The summed E-state index contributed by atoms with van der Waals surface area (Å²) in [5, 5.41) is 12.4. The van der Waals surface area contributed by atoms with Crippen molar-refractivity contribution in [3.05, 3.63) is 35.1 Å². The summed E-state index contributed by atoms with van der Waals surface area (Å²) < 4.78 is 18.7. The van der Waals surface area contributed by atoms with Crippen molar-refractivity contribution < 1.29 is 9.13 Å². The zero-order valence-electron chi connectivity index (χ0n) is 11.0. The van der Waals surface area contributed by atoms with E-state index in [1.165, 1.54) is 37.5 Å². The molecule has 1 aromatic carbocycles. The highest BCUT2D eigenvalue weighted by atomic mass is 19.1. The van der Waals surface area contributed by atoms with Crippen molar-refractivity contribution in [3.63, 3.8) is 0 Å². The zero-order valence-corrected chi connectivity index (χ0v) is 11.0. The molecule has 102 valence electrons. The van der Waals surface area contributed by atoms with Crippen LogP contribution in [0.2, 0.25) is 0 Å². The van der Waals surface area contributed by atoms with Crippen LogP contribution in [0, 0.1) is 17.1 Å². The molecule has 1 heterocycles. The van der Waals surface area contributed by atoms with Crippen LogP contribution in [0.3, 0.4) is 0 Å². The normalized spacial score (nSPS) is 19.1. The molecule has 0 aliphatic carbocycles. The van der Waals surface area contributed by atoms with Gasteiger partial charge in [-0.2, -0.15) is 5.26 Å². The average Bonchev–Trinajstić information content (AvgIpc) is 2.45. The lowest BCUT2D eigenvalue weighted by molar-refractivity contribution is 0.108. The van der Waals surface area contributed by atoms with Crippen LogP contribution in [0.15, 0.2) is 18.2 Å². The van der Waals surface area contributed by atoms with Gasteiger partial charge in [-0.05, 0) is 49.6 Å². The van der Waals surface area contributed by atoms with Gasteiger partial charge < -0.3 is 10.1 Å². The second-order valence-corrected chi connectivity index (χ2v) is 4.90. The van der Waals surface area contributed by atoms with Crippen molar-refractivity contribution in [3.8, 4) is 6.07 Å². The standard InChI is InChI=1S/C15H19FN2O/c16-14-5-4-12(10-17)13(9-14)11-19-8-6-15-3-1-2-7-18-15/h4-5,9,15,18H,1-3,6-8,11H2. The van der Waals surface area contributed by atoms with Crippen molar-refractivity contribution in [2.24, 2.45) is 0 Å². The minimum Gasteiger partial charge on any atom is -0.377 e. The molecule has 1 unspecified atom stereocenters. The van der Waals surface area contributed by atoms with E-state index in [-0.39, 0.29) is 5.82 Å². The van der Waals surface area contributed by atoms with Crippen LogP contribution in [0.5, 0.6) is 0 Å². The maximum atomic E-state index is 13.1. The van der Waals surface area contributed by atoms with Gasteiger partial charge in [0.2, 0.25) is 0 Å². The number of nitriles is 1. The van der Waals surface area contributed by atoms with Gasteiger partial charge in [-0.25, -0.2) is 4.39 Å². The quantitative estimate of drug-likeness (QED) is 0.830. The Labute approximate surface area is 113 Å². The van der Waals surface area contributed by atoms with Crippen molar-refractivity contribution in [2.75, 3.05) is 13.2 Å². The third kappa shape index (κ3) is 4.30. The highest BCUT2D eigenvalue weighted by molar-refractivity contribution is 5.37. The van der Waals surface area contributed by atoms with Gasteiger partial charge in [-0.1, -0.05) is 6.42 Å². The summed E-state index contributed by atoms with van der Waals surface area (Å²) in [5.41, 5.74) is 1.11. The number of nitrogens with zero attached hydrogens (tertiary/aromatic N) is 1. The van der Waals surface area contributed by atoms with Crippen molar-refractivity contribution in [1.29, 1.82) is 5.26 Å². The minimum absolute atomic E-state index is 0.299. The number of hydrogen-bond donors (Lipinski definition) is 1. The number of ether oxygens (including phenoxy) is 1. The minimum atomic E-state index is -0.327. The predicted molar refractivity (Wildman–Crippen MR) is 71.0 cm³/mol. The van der Waals surface area contributed by atoms with E-state index in [1.807, 2.05) is 0 Å². The summed E-state index contributed by atoms with van der Waals surface area (Å²) >= 11 is 0. The molecule has 0 amide bonds. The molecule has 1 fully saturated rings. The zero-order chi connectivity index (χ0) is 13.5. The van der Waals surface area contributed by atoms with Crippen LogP contribution in [-0.4, -0.2) is 19.2 Å². The first-order chi connectivity index (χ1) is 9.29. The summed E-state index contributed by atoms with van der Waals surface area (Å²) in [4.78, 5) is 0. The van der Waals surface area contributed by atoms with Gasteiger partial charge in [-0.3, -0.25) is 0 Å². The van der Waals surface area contributed by atoms with E-state index in [1.54, 1.807) is 0 Å². The van der Waals surface area contributed by atoms with Crippen LogP contribution in [0.4, 0.5) is 4.39 Å². The first-order valence-electron chi connectivity index (χ1n) is 6.79. The molecule has 0 radical (unpaired) electrons. The molecule has 1 aliphatic heterocycles. The number of piperidine rings is 1. The summed E-state index contributed by atoms with van der Waals surface area (Å²) in [6, 6.07) is 6.76. The van der Waals surface area contributed by atoms with Crippen molar-refractivity contribution in [2.45, 2.75) is 38.3 Å². The van der Waals surface area contributed by atoms with Crippen LogP contribution in [-0.2, 0) is 11.3 Å². The molecule has 0 saturated carbocycles. The summed E-state index contributed by atoms with van der Waals surface area (Å²) in [7, 11) is 0. The molecule has 19 heavy (non-hydrogen) atoms. The average molecular weight is 262 g/mol. The lowest BCUT2D eigenvalue weighted by atomic mass is 10.0. The SMILES string of the molecule is N#Cc1ccc(F)cc1COCCC1CCCCN1. The van der Waals surface area contributed by atoms with Gasteiger partial charge in [0, 0.05) is 12.6 Å². The molecule has 2 rings (SSSR count). The molecule has 1 saturated heterocycles. The maximum Gasteiger partial charge on any atom is 0.123 e. The molecular weight excluding hydrogens is 243 g/mol. The van der Waals surface area contributed by atoms with Crippen LogP contribution in [0.25, 0.3) is 0 Å². The van der Waals surface area contributed by atoms with E-state index < -0.39 is 0 Å². The fraction of sp³-hybridized carbons (Fsp3) is 0.533. The largest absolute Gasteiger partial charge is 0.377 e. The van der Waals surface area contributed by atoms with E-state index >= 15 is 0 Å². The first-order valence-corrected chi connectivity index (χ1v) is 6.79. The van der Waals surface area contributed by atoms with E-state index in [9.17, 15) is 4.39 Å². The van der Waals surface area contributed by atoms with E-state index in [0.29, 0.717) is 30.4 Å². The van der Waals surface area contributed by atoms with Crippen molar-refractivity contribution >= 4 is 0 Å². The van der Waals surface area contributed by atoms with Gasteiger partial charge in [0.05, 0.1) is 18.2 Å². The second kappa shape index (κ2) is 7.22. The predicted octanol–water partition coefficient (Wildman–Crippen LogP) is 2.75. The fourth-order valence-corrected chi connectivity index (χ4v) is 2.37. The first kappa shape index (κ1) is 14.0. The van der Waals surface area contributed by atoms with Gasteiger partial charge in [0.25, 0.3) is 0 Å². The highest BCUT2D eigenvalue weighted by Gasteiger charge is 2.12. The maximum absolute atomic E-state index is 13.1. The smallest absolute Gasteiger partial charge is 0.123 e. The number of hydrogen-bond acceptors (Lipinski definition) is 3. The number of nitrogens with one attached hydrogen (secondary N) is 1. The number of benzene rings is 1. The van der Waals surface area contributed by atoms with Gasteiger partial charge in [0.1, 0.15) is 5.82 Å². The van der Waals surface area contributed by atoms with Crippen LogP contribution in [0.1, 0.15) is 36.8 Å². The summed E-state index contributed by atoms with van der Waals surface area (Å²) in [5.74, 6) is -0.327. The molecule has 4 heteroatoms. The molecule has 0 bridgehead atoms. The molecule has 1 N–H and O–H groups in total. The molecule has 0 spiro atoms. The Morgan fingerprint density at radius 2 is 2.32 bits per heavy atom. The Bertz CT molecular complexity index is 450. The van der Waals surface area contributed by atoms with E-state index in [4.69, 9.17) is 10.00 Å². The molecule has 1 aliphatic rings.